The fourth-order valence-electron chi connectivity index (χ4n) is 1.87. The molecular formula is C13H19N3S. The molecule has 0 aliphatic heterocycles. The van der Waals surface area contributed by atoms with Crippen molar-refractivity contribution in [1.29, 1.82) is 0 Å². The summed E-state index contributed by atoms with van der Waals surface area (Å²) in [5.74, 6) is 0. The van der Waals surface area contributed by atoms with Gasteiger partial charge in [0.1, 0.15) is 0 Å². The second kappa shape index (κ2) is 5.47. The highest BCUT2D eigenvalue weighted by molar-refractivity contribution is 7.11. The van der Waals surface area contributed by atoms with Gasteiger partial charge in [0.15, 0.2) is 0 Å². The van der Waals surface area contributed by atoms with E-state index in [1.54, 1.807) is 11.3 Å². The molecule has 0 unspecified atom stereocenters. The molecule has 2 heterocycles. The first kappa shape index (κ1) is 12.3. The summed E-state index contributed by atoms with van der Waals surface area (Å²) in [5, 5.41) is 4.62. The molecule has 92 valence electrons. The average molecular weight is 249 g/mol. The number of nitrogens with two attached hydrogens (primary N) is 1. The molecule has 0 saturated carbocycles. The summed E-state index contributed by atoms with van der Waals surface area (Å²) in [6.07, 6.45) is 2.03. The topological polar surface area (TPSA) is 43.8 Å². The highest BCUT2D eigenvalue weighted by Crippen LogP contribution is 2.18. The zero-order chi connectivity index (χ0) is 12.3. The standard InChI is InChI=1S/C13H19N3S/c1-3-10-7-11(4-2)16(15-10)9-13-6-5-12(8-14)17-13/h5-7H,3-4,8-9,14H2,1-2H3. The van der Waals surface area contributed by atoms with Gasteiger partial charge in [-0.25, -0.2) is 0 Å². The van der Waals surface area contributed by atoms with Gasteiger partial charge in [0.25, 0.3) is 0 Å². The third-order valence-electron chi connectivity index (χ3n) is 2.86. The molecule has 2 aromatic rings. The maximum absolute atomic E-state index is 5.63. The average Bonchev–Trinajstić information content (AvgIpc) is 2.95. The van der Waals surface area contributed by atoms with Crippen LogP contribution in [0.1, 0.15) is 35.0 Å². The molecule has 0 fully saturated rings. The summed E-state index contributed by atoms with van der Waals surface area (Å²) in [5.41, 5.74) is 8.11. The molecule has 0 aromatic carbocycles. The summed E-state index contributed by atoms with van der Waals surface area (Å²) in [4.78, 5) is 2.56. The van der Waals surface area contributed by atoms with Gasteiger partial charge in [-0.1, -0.05) is 13.8 Å². The molecule has 2 N–H and O–H groups in total. The van der Waals surface area contributed by atoms with Crippen LogP contribution in [0.15, 0.2) is 18.2 Å². The third-order valence-corrected chi connectivity index (χ3v) is 3.95. The zero-order valence-electron chi connectivity index (χ0n) is 10.4. The smallest absolute Gasteiger partial charge is 0.0755 e. The van der Waals surface area contributed by atoms with Crippen molar-refractivity contribution >= 4 is 11.3 Å². The van der Waals surface area contributed by atoms with E-state index in [-0.39, 0.29) is 0 Å². The highest BCUT2D eigenvalue weighted by Gasteiger charge is 2.07. The van der Waals surface area contributed by atoms with Crippen molar-refractivity contribution in [2.75, 3.05) is 0 Å². The lowest BCUT2D eigenvalue weighted by Crippen LogP contribution is -2.04. The minimum Gasteiger partial charge on any atom is -0.326 e. The van der Waals surface area contributed by atoms with Crippen molar-refractivity contribution in [3.63, 3.8) is 0 Å². The fourth-order valence-corrected chi connectivity index (χ4v) is 2.75. The predicted octanol–water partition coefficient (Wildman–Crippen LogP) is 2.58. The van der Waals surface area contributed by atoms with Crippen LogP contribution in [0.5, 0.6) is 0 Å². The Morgan fingerprint density at radius 2 is 2.00 bits per heavy atom. The van der Waals surface area contributed by atoms with Crippen molar-refractivity contribution in [2.45, 2.75) is 39.8 Å². The molecule has 0 radical (unpaired) electrons. The van der Waals surface area contributed by atoms with Crippen LogP contribution in [0.2, 0.25) is 0 Å². The van der Waals surface area contributed by atoms with Crippen LogP contribution in [-0.4, -0.2) is 9.78 Å². The second-order valence-electron chi connectivity index (χ2n) is 4.06. The van der Waals surface area contributed by atoms with Crippen LogP contribution in [0.3, 0.4) is 0 Å². The van der Waals surface area contributed by atoms with E-state index in [0.29, 0.717) is 6.54 Å². The van der Waals surface area contributed by atoms with E-state index in [2.05, 4.69) is 41.8 Å². The first-order chi connectivity index (χ1) is 8.26. The maximum atomic E-state index is 5.63. The lowest BCUT2D eigenvalue weighted by atomic mass is 10.2. The van der Waals surface area contributed by atoms with Gasteiger partial charge < -0.3 is 5.73 Å². The van der Waals surface area contributed by atoms with Crippen LogP contribution < -0.4 is 5.73 Å². The van der Waals surface area contributed by atoms with Crippen LogP contribution in [0.4, 0.5) is 0 Å². The van der Waals surface area contributed by atoms with Crippen LogP contribution in [0, 0.1) is 0 Å². The summed E-state index contributed by atoms with van der Waals surface area (Å²) in [6.45, 7) is 5.81. The van der Waals surface area contributed by atoms with E-state index in [1.165, 1.54) is 21.1 Å². The molecule has 3 nitrogen and oxygen atoms in total. The highest BCUT2D eigenvalue weighted by atomic mass is 32.1. The molecule has 0 atom stereocenters. The van der Waals surface area contributed by atoms with Crippen molar-refractivity contribution in [1.82, 2.24) is 9.78 Å². The summed E-state index contributed by atoms with van der Waals surface area (Å²) in [7, 11) is 0. The van der Waals surface area contributed by atoms with Crippen molar-refractivity contribution in [3.05, 3.63) is 39.3 Å². The SMILES string of the molecule is CCc1cc(CC)n(Cc2ccc(CN)s2)n1. The summed E-state index contributed by atoms with van der Waals surface area (Å²) in [6, 6.07) is 6.47. The Labute approximate surface area is 106 Å². The van der Waals surface area contributed by atoms with Crippen molar-refractivity contribution < 1.29 is 0 Å². The Morgan fingerprint density at radius 1 is 1.24 bits per heavy atom. The molecule has 0 spiro atoms. The van der Waals surface area contributed by atoms with Crippen molar-refractivity contribution in [2.24, 2.45) is 5.73 Å². The van der Waals surface area contributed by atoms with Crippen LogP contribution in [0.25, 0.3) is 0 Å². The van der Waals surface area contributed by atoms with Gasteiger partial charge in [-0.05, 0) is 31.0 Å². The molecule has 0 saturated heterocycles. The lowest BCUT2D eigenvalue weighted by Gasteiger charge is -2.03. The lowest BCUT2D eigenvalue weighted by molar-refractivity contribution is 0.646. The van der Waals surface area contributed by atoms with Gasteiger partial charge >= 0.3 is 0 Å². The summed E-state index contributed by atoms with van der Waals surface area (Å²) >= 11 is 1.78. The second-order valence-corrected chi connectivity index (χ2v) is 5.32. The van der Waals surface area contributed by atoms with E-state index < -0.39 is 0 Å². The Kier molecular flexibility index (Phi) is 3.97. The maximum Gasteiger partial charge on any atom is 0.0755 e. The molecule has 2 aromatic heterocycles. The van der Waals surface area contributed by atoms with E-state index >= 15 is 0 Å². The largest absolute Gasteiger partial charge is 0.326 e. The van der Waals surface area contributed by atoms with Crippen LogP contribution in [-0.2, 0) is 25.9 Å². The summed E-state index contributed by atoms with van der Waals surface area (Å²) < 4.78 is 2.12. The van der Waals surface area contributed by atoms with E-state index in [1.807, 2.05) is 0 Å². The Bertz CT molecular complexity index is 485. The molecule has 0 aliphatic rings. The van der Waals surface area contributed by atoms with Crippen molar-refractivity contribution in [3.8, 4) is 0 Å². The number of thiophene rings is 1. The molecule has 4 heteroatoms. The Hall–Kier alpha value is -1.13. The monoisotopic (exact) mass is 249 g/mol. The minimum atomic E-state index is 0.630. The number of aryl methyl sites for hydroxylation is 2. The number of hydrogen-bond acceptors (Lipinski definition) is 3. The molecule has 17 heavy (non-hydrogen) atoms. The normalized spacial score (nSPS) is 11.0. The minimum absolute atomic E-state index is 0.630. The van der Waals surface area contributed by atoms with Crippen LogP contribution >= 0.6 is 11.3 Å². The van der Waals surface area contributed by atoms with E-state index in [9.17, 15) is 0 Å². The molecule has 2 rings (SSSR count). The number of aromatic nitrogens is 2. The first-order valence-electron chi connectivity index (χ1n) is 6.10. The fraction of sp³-hybridized carbons (Fsp3) is 0.462. The van der Waals surface area contributed by atoms with Gasteiger partial charge in [-0.2, -0.15) is 5.10 Å². The zero-order valence-corrected chi connectivity index (χ0v) is 11.3. The molecule has 0 amide bonds. The first-order valence-corrected chi connectivity index (χ1v) is 6.91. The van der Waals surface area contributed by atoms with E-state index in [4.69, 9.17) is 5.73 Å². The molecule has 0 aliphatic carbocycles. The van der Waals surface area contributed by atoms with E-state index in [0.717, 1.165) is 19.4 Å². The molecular weight excluding hydrogens is 230 g/mol. The van der Waals surface area contributed by atoms with Gasteiger partial charge in [0.2, 0.25) is 0 Å². The number of nitrogens with zero attached hydrogens (tertiary/aromatic N) is 2. The predicted molar refractivity (Wildman–Crippen MR) is 72.3 cm³/mol. The van der Waals surface area contributed by atoms with Gasteiger partial charge in [-0.15, -0.1) is 11.3 Å². The van der Waals surface area contributed by atoms with Gasteiger partial charge in [0, 0.05) is 22.0 Å². The Balaban J connectivity index is 2.19. The van der Waals surface area contributed by atoms with Gasteiger partial charge in [0.05, 0.1) is 12.2 Å². The third kappa shape index (κ3) is 2.76. The number of hydrogen-bond donors (Lipinski definition) is 1. The Morgan fingerprint density at radius 3 is 2.59 bits per heavy atom. The number of rotatable bonds is 5. The quantitative estimate of drug-likeness (QED) is 0.885. The molecule has 0 bridgehead atoms. The van der Waals surface area contributed by atoms with Gasteiger partial charge in [-0.3, -0.25) is 4.68 Å².